The second-order valence-corrected chi connectivity index (χ2v) is 3.55. The van der Waals surface area contributed by atoms with E-state index in [4.69, 9.17) is 4.74 Å². The first-order valence-electron chi connectivity index (χ1n) is 4.86. The standard InChI is InChI=1S/C11H14N2O2/c1-13-10-5-9(15-2)4-3-8(10)6-12-7-11(13)14/h3-5,12H,6-7H2,1-2H3. The third-order valence-corrected chi connectivity index (χ3v) is 2.62. The Morgan fingerprint density at radius 1 is 1.40 bits per heavy atom. The van der Waals surface area contributed by atoms with Crippen LogP contribution in [0.3, 0.4) is 0 Å². The minimum absolute atomic E-state index is 0.0713. The van der Waals surface area contributed by atoms with Crippen LogP contribution in [0.4, 0.5) is 5.69 Å². The highest BCUT2D eigenvalue weighted by Crippen LogP contribution is 2.26. The van der Waals surface area contributed by atoms with E-state index in [0.717, 1.165) is 23.5 Å². The summed E-state index contributed by atoms with van der Waals surface area (Å²) in [5, 5.41) is 3.09. The second kappa shape index (κ2) is 3.90. The molecule has 1 aliphatic rings. The molecule has 0 saturated carbocycles. The molecule has 0 aliphatic carbocycles. The number of nitrogens with zero attached hydrogens (tertiary/aromatic N) is 1. The van der Waals surface area contributed by atoms with E-state index in [2.05, 4.69) is 5.32 Å². The van der Waals surface area contributed by atoms with Crippen molar-refractivity contribution >= 4 is 11.6 Å². The minimum atomic E-state index is 0.0713. The fraction of sp³-hybridized carbons (Fsp3) is 0.364. The maximum atomic E-state index is 11.6. The van der Waals surface area contributed by atoms with Crippen molar-refractivity contribution in [2.24, 2.45) is 0 Å². The van der Waals surface area contributed by atoms with E-state index in [1.165, 1.54) is 0 Å². The zero-order chi connectivity index (χ0) is 10.8. The van der Waals surface area contributed by atoms with Crippen LogP contribution >= 0.6 is 0 Å². The summed E-state index contributed by atoms with van der Waals surface area (Å²) in [5.74, 6) is 0.845. The number of fused-ring (bicyclic) bond motifs is 1. The highest BCUT2D eigenvalue weighted by molar-refractivity contribution is 5.95. The molecule has 4 heteroatoms. The SMILES string of the molecule is COc1ccc2c(c1)N(C)C(=O)CNC2. The van der Waals surface area contributed by atoms with Crippen LogP contribution < -0.4 is 15.0 Å². The number of rotatable bonds is 1. The largest absolute Gasteiger partial charge is 0.497 e. The van der Waals surface area contributed by atoms with Crippen molar-refractivity contribution in [3.05, 3.63) is 23.8 Å². The molecule has 0 unspecified atom stereocenters. The second-order valence-electron chi connectivity index (χ2n) is 3.55. The summed E-state index contributed by atoms with van der Waals surface area (Å²) in [7, 11) is 3.41. The number of benzene rings is 1. The lowest BCUT2D eigenvalue weighted by molar-refractivity contribution is -0.117. The Labute approximate surface area is 88.8 Å². The van der Waals surface area contributed by atoms with Gasteiger partial charge in [-0.05, 0) is 11.6 Å². The maximum Gasteiger partial charge on any atom is 0.240 e. The summed E-state index contributed by atoms with van der Waals surface area (Å²) in [6, 6.07) is 5.78. The average Bonchev–Trinajstić information content (AvgIpc) is 2.40. The van der Waals surface area contributed by atoms with E-state index < -0.39 is 0 Å². The van der Waals surface area contributed by atoms with Crippen molar-refractivity contribution < 1.29 is 9.53 Å². The van der Waals surface area contributed by atoms with Crippen LogP contribution in [-0.4, -0.2) is 26.6 Å². The van der Waals surface area contributed by atoms with Crippen LogP contribution in [0.1, 0.15) is 5.56 Å². The van der Waals surface area contributed by atoms with E-state index >= 15 is 0 Å². The summed E-state index contributed by atoms with van der Waals surface area (Å²) < 4.78 is 5.15. The van der Waals surface area contributed by atoms with E-state index in [1.807, 2.05) is 18.2 Å². The van der Waals surface area contributed by atoms with Crippen LogP contribution in [0, 0.1) is 0 Å². The summed E-state index contributed by atoms with van der Waals surface area (Å²) in [4.78, 5) is 13.3. The zero-order valence-corrected chi connectivity index (χ0v) is 8.91. The number of ether oxygens (including phenoxy) is 1. The number of anilines is 1. The van der Waals surface area contributed by atoms with Crippen molar-refractivity contribution in [2.45, 2.75) is 6.54 Å². The Hall–Kier alpha value is -1.55. The lowest BCUT2D eigenvalue weighted by atomic mass is 10.1. The zero-order valence-electron chi connectivity index (χ0n) is 8.91. The summed E-state index contributed by atoms with van der Waals surface area (Å²) >= 11 is 0. The minimum Gasteiger partial charge on any atom is -0.497 e. The molecule has 80 valence electrons. The Morgan fingerprint density at radius 3 is 2.93 bits per heavy atom. The topological polar surface area (TPSA) is 41.6 Å². The lowest BCUT2D eigenvalue weighted by Gasteiger charge is -2.17. The Kier molecular flexibility index (Phi) is 2.60. The van der Waals surface area contributed by atoms with Gasteiger partial charge in [0.05, 0.1) is 19.3 Å². The van der Waals surface area contributed by atoms with Gasteiger partial charge in [-0.3, -0.25) is 4.79 Å². The van der Waals surface area contributed by atoms with Gasteiger partial charge in [-0.1, -0.05) is 6.07 Å². The molecule has 15 heavy (non-hydrogen) atoms. The molecule has 1 aromatic rings. The van der Waals surface area contributed by atoms with Crippen LogP contribution in [0.25, 0.3) is 0 Å². The highest BCUT2D eigenvalue weighted by Gasteiger charge is 2.18. The van der Waals surface area contributed by atoms with Crippen LogP contribution in [-0.2, 0) is 11.3 Å². The number of carbonyl (C=O) groups is 1. The van der Waals surface area contributed by atoms with Crippen molar-refractivity contribution in [1.29, 1.82) is 0 Å². The summed E-state index contributed by atoms with van der Waals surface area (Å²) in [5.41, 5.74) is 2.04. The van der Waals surface area contributed by atoms with Crippen molar-refractivity contribution in [1.82, 2.24) is 5.32 Å². The van der Waals surface area contributed by atoms with Gasteiger partial charge in [-0.25, -0.2) is 0 Å². The van der Waals surface area contributed by atoms with E-state index in [0.29, 0.717) is 6.54 Å². The lowest BCUT2D eigenvalue weighted by Crippen LogP contribution is -2.32. The van der Waals surface area contributed by atoms with Crippen LogP contribution in [0.15, 0.2) is 18.2 Å². The Bertz CT molecular complexity index is 390. The third-order valence-electron chi connectivity index (χ3n) is 2.62. The molecule has 1 aromatic carbocycles. The Balaban J connectivity index is 2.45. The maximum absolute atomic E-state index is 11.6. The Morgan fingerprint density at radius 2 is 2.20 bits per heavy atom. The number of amides is 1. The third kappa shape index (κ3) is 1.80. The number of carbonyl (C=O) groups excluding carboxylic acids is 1. The quantitative estimate of drug-likeness (QED) is 0.737. The first-order chi connectivity index (χ1) is 7.22. The molecule has 2 rings (SSSR count). The molecule has 0 aromatic heterocycles. The molecule has 0 radical (unpaired) electrons. The van der Waals surface area contributed by atoms with Crippen LogP contribution in [0.2, 0.25) is 0 Å². The normalized spacial score (nSPS) is 15.9. The number of hydrogen-bond donors (Lipinski definition) is 1. The molecule has 1 aliphatic heterocycles. The van der Waals surface area contributed by atoms with Crippen molar-refractivity contribution in [2.75, 3.05) is 25.6 Å². The molecule has 1 heterocycles. The molecule has 0 saturated heterocycles. The molecule has 1 amide bonds. The van der Waals surface area contributed by atoms with Crippen LogP contribution in [0.5, 0.6) is 5.75 Å². The highest BCUT2D eigenvalue weighted by atomic mass is 16.5. The van der Waals surface area contributed by atoms with Gasteiger partial charge >= 0.3 is 0 Å². The van der Waals surface area contributed by atoms with Gasteiger partial charge in [-0.15, -0.1) is 0 Å². The van der Waals surface area contributed by atoms with Gasteiger partial charge in [0.1, 0.15) is 5.75 Å². The summed E-state index contributed by atoms with van der Waals surface area (Å²) in [6.07, 6.45) is 0. The number of nitrogens with one attached hydrogen (secondary N) is 1. The van der Waals surface area contributed by atoms with E-state index in [9.17, 15) is 4.79 Å². The fourth-order valence-corrected chi connectivity index (χ4v) is 1.69. The smallest absolute Gasteiger partial charge is 0.240 e. The average molecular weight is 206 g/mol. The molecule has 0 atom stereocenters. The predicted octanol–water partition coefficient (Wildman–Crippen LogP) is 0.761. The predicted molar refractivity (Wildman–Crippen MR) is 58.1 cm³/mol. The number of hydrogen-bond acceptors (Lipinski definition) is 3. The number of likely N-dealkylation sites (N-methyl/N-ethyl adjacent to an activating group) is 1. The monoisotopic (exact) mass is 206 g/mol. The molecule has 1 N–H and O–H groups in total. The number of methoxy groups -OCH3 is 1. The van der Waals surface area contributed by atoms with Crippen molar-refractivity contribution in [3.63, 3.8) is 0 Å². The molecule has 0 bridgehead atoms. The van der Waals surface area contributed by atoms with Gasteiger partial charge in [0.15, 0.2) is 0 Å². The summed E-state index contributed by atoms with van der Waals surface area (Å²) in [6.45, 7) is 1.10. The van der Waals surface area contributed by atoms with E-state index in [1.54, 1.807) is 19.1 Å². The molecule has 0 fully saturated rings. The first kappa shape index (κ1) is 9.98. The van der Waals surface area contributed by atoms with Gasteiger partial charge in [0.25, 0.3) is 0 Å². The molecule has 0 spiro atoms. The molecular weight excluding hydrogens is 192 g/mol. The van der Waals surface area contributed by atoms with Gasteiger partial charge < -0.3 is 15.0 Å². The van der Waals surface area contributed by atoms with Crippen molar-refractivity contribution in [3.8, 4) is 5.75 Å². The first-order valence-corrected chi connectivity index (χ1v) is 4.86. The van der Waals surface area contributed by atoms with Gasteiger partial charge in [-0.2, -0.15) is 0 Å². The molecule has 4 nitrogen and oxygen atoms in total. The van der Waals surface area contributed by atoms with E-state index in [-0.39, 0.29) is 5.91 Å². The fourth-order valence-electron chi connectivity index (χ4n) is 1.69. The molecular formula is C11H14N2O2. The van der Waals surface area contributed by atoms with Gasteiger partial charge in [0.2, 0.25) is 5.91 Å². The van der Waals surface area contributed by atoms with Gasteiger partial charge in [0, 0.05) is 19.7 Å².